The van der Waals surface area contributed by atoms with Gasteiger partial charge in [-0.05, 0) is 42.7 Å². The maximum atomic E-state index is 4.44. The minimum atomic E-state index is 0.943. The van der Waals surface area contributed by atoms with Gasteiger partial charge in [0.2, 0.25) is 0 Å². The molecule has 0 aliphatic carbocycles. The lowest BCUT2D eigenvalue weighted by Gasteiger charge is -2.05. The predicted octanol–water partition coefficient (Wildman–Crippen LogP) is 2.26. The van der Waals surface area contributed by atoms with Crippen LogP contribution in [0.3, 0.4) is 0 Å². The first-order valence-corrected chi connectivity index (χ1v) is 5.86. The predicted molar refractivity (Wildman–Crippen MR) is 62.6 cm³/mol. The second-order valence-corrected chi connectivity index (χ2v) is 4.25. The van der Waals surface area contributed by atoms with Crippen LogP contribution in [0.1, 0.15) is 24.7 Å². The smallest absolute Gasteiger partial charge is 0.0738 e. The molecule has 14 heavy (non-hydrogen) atoms. The summed E-state index contributed by atoms with van der Waals surface area (Å²) >= 11 is 3.52. The molecule has 0 aromatic carbocycles. The number of aryl methyl sites for hydroxylation is 1. The number of aromatic nitrogens is 2. The van der Waals surface area contributed by atoms with E-state index in [1.54, 1.807) is 0 Å². The standard InChI is InChI=1S/C10H18BrN3/c1-4-5-12-6-7-14-9(3)10(11)8(2)13-14/h12H,4-7H2,1-3H3. The van der Waals surface area contributed by atoms with Gasteiger partial charge in [0.05, 0.1) is 16.7 Å². The van der Waals surface area contributed by atoms with Crippen molar-refractivity contribution >= 4 is 15.9 Å². The molecule has 0 fully saturated rings. The van der Waals surface area contributed by atoms with Crippen LogP contribution in [0.15, 0.2) is 4.47 Å². The molecular formula is C10H18BrN3. The van der Waals surface area contributed by atoms with Gasteiger partial charge in [-0.2, -0.15) is 5.10 Å². The average molecular weight is 260 g/mol. The van der Waals surface area contributed by atoms with Gasteiger partial charge >= 0.3 is 0 Å². The zero-order valence-electron chi connectivity index (χ0n) is 9.10. The summed E-state index contributed by atoms with van der Waals surface area (Å²) in [6, 6.07) is 0. The number of nitrogens with zero attached hydrogens (tertiary/aromatic N) is 2. The van der Waals surface area contributed by atoms with Gasteiger partial charge in [-0.15, -0.1) is 0 Å². The van der Waals surface area contributed by atoms with Crippen LogP contribution in [-0.4, -0.2) is 22.9 Å². The van der Waals surface area contributed by atoms with E-state index in [9.17, 15) is 0 Å². The fraction of sp³-hybridized carbons (Fsp3) is 0.700. The highest BCUT2D eigenvalue weighted by Crippen LogP contribution is 2.19. The molecule has 0 atom stereocenters. The number of nitrogens with one attached hydrogen (secondary N) is 1. The molecule has 0 spiro atoms. The molecule has 3 nitrogen and oxygen atoms in total. The molecule has 0 unspecified atom stereocenters. The molecule has 0 saturated heterocycles. The SMILES string of the molecule is CCCNCCn1nc(C)c(Br)c1C. The summed E-state index contributed by atoms with van der Waals surface area (Å²) in [4.78, 5) is 0. The molecule has 1 aromatic rings. The molecule has 0 radical (unpaired) electrons. The van der Waals surface area contributed by atoms with E-state index in [1.807, 2.05) is 11.6 Å². The van der Waals surface area contributed by atoms with Crippen LogP contribution in [0.2, 0.25) is 0 Å². The molecule has 1 aromatic heterocycles. The Morgan fingerprint density at radius 2 is 2.07 bits per heavy atom. The van der Waals surface area contributed by atoms with Crippen molar-refractivity contribution in [2.45, 2.75) is 33.7 Å². The monoisotopic (exact) mass is 259 g/mol. The van der Waals surface area contributed by atoms with Crippen molar-refractivity contribution in [1.29, 1.82) is 0 Å². The minimum absolute atomic E-state index is 0.943. The molecule has 0 aliphatic heterocycles. The van der Waals surface area contributed by atoms with Gasteiger partial charge in [0.15, 0.2) is 0 Å². The first-order valence-electron chi connectivity index (χ1n) is 5.07. The lowest BCUT2D eigenvalue weighted by molar-refractivity contribution is 0.541. The summed E-state index contributed by atoms with van der Waals surface area (Å²) in [5.41, 5.74) is 2.28. The van der Waals surface area contributed by atoms with E-state index in [2.05, 4.69) is 40.2 Å². The van der Waals surface area contributed by atoms with Crippen molar-refractivity contribution in [2.24, 2.45) is 0 Å². The molecule has 4 heteroatoms. The molecule has 0 aliphatic rings. The van der Waals surface area contributed by atoms with E-state index in [0.29, 0.717) is 0 Å². The summed E-state index contributed by atoms with van der Waals surface area (Å²) in [7, 11) is 0. The summed E-state index contributed by atoms with van der Waals surface area (Å²) in [6.07, 6.45) is 1.18. The van der Waals surface area contributed by atoms with E-state index in [1.165, 1.54) is 12.1 Å². The summed E-state index contributed by atoms with van der Waals surface area (Å²) in [5.74, 6) is 0. The number of hydrogen-bond acceptors (Lipinski definition) is 2. The second kappa shape index (κ2) is 5.51. The molecule has 1 heterocycles. The number of hydrogen-bond donors (Lipinski definition) is 1. The lowest BCUT2D eigenvalue weighted by atomic mass is 10.4. The van der Waals surface area contributed by atoms with Crippen molar-refractivity contribution in [3.63, 3.8) is 0 Å². The van der Waals surface area contributed by atoms with Crippen LogP contribution in [0.4, 0.5) is 0 Å². The van der Waals surface area contributed by atoms with E-state index in [0.717, 1.165) is 29.8 Å². The van der Waals surface area contributed by atoms with E-state index in [4.69, 9.17) is 0 Å². The molecular weight excluding hydrogens is 242 g/mol. The van der Waals surface area contributed by atoms with E-state index >= 15 is 0 Å². The van der Waals surface area contributed by atoms with Gasteiger partial charge in [-0.3, -0.25) is 4.68 Å². The van der Waals surface area contributed by atoms with Crippen molar-refractivity contribution in [3.8, 4) is 0 Å². The Bertz CT molecular complexity index is 294. The Morgan fingerprint density at radius 3 is 2.57 bits per heavy atom. The van der Waals surface area contributed by atoms with Crippen molar-refractivity contribution in [1.82, 2.24) is 15.1 Å². The van der Waals surface area contributed by atoms with Crippen LogP contribution in [0.5, 0.6) is 0 Å². The lowest BCUT2D eigenvalue weighted by Crippen LogP contribution is -2.21. The minimum Gasteiger partial charge on any atom is -0.315 e. The molecule has 0 bridgehead atoms. The number of halogens is 1. The van der Waals surface area contributed by atoms with Gasteiger partial charge in [-0.1, -0.05) is 6.92 Å². The van der Waals surface area contributed by atoms with Gasteiger partial charge in [-0.25, -0.2) is 0 Å². The normalized spacial score (nSPS) is 10.9. The van der Waals surface area contributed by atoms with Crippen LogP contribution >= 0.6 is 15.9 Å². The van der Waals surface area contributed by atoms with Gasteiger partial charge in [0, 0.05) is 12.2 Å². The zero-order valence-corrected chi connectivity index (χ0v) is 10.7. The topological polar surface area (TPSA) is 29.9 Å². The third kappa shape index (κ3) is 2.82. The summed E-state index contributed by atoms with van der Waals surface area (Å²) in [6.45, 7) is 9.30. The van der Waals surface area contributed by atoms with Crippen molar-refractivity contribution in [3.05, 3.63) is 15.9 Å². The van der Waals surface area contributed by atoms with Crippen LogP contribution in [-0.2, 0) is 6.54 Å². The molecule has 0 amide bonds. The van der Waals surface area contributed by atoms with Crippen molar-refractivity contribution < 1.29 is 0 Å². The fourth-order valence-electron chi connectivity index (χ4n) is 1.38. The molecule has 1 N–H and O–H groups in total. The molecule has 80 valence electrons. The van der Waals surface area contributed by atoms with Crippen molar-refractivity contribution in [2.75, 3.05) is 13.1 Å². The summed E-state index contributed by atoms with van der Waals surface area (Å²) < 4.78 is 3.18. The first kappa shape index (κ1) is 11.7. The van der Waals surface area contributed by atoms with Gasteiger partial charge in [0.1, 0.15) is 0 Å². The maximum absolute atomic E-state index is 4.44. The molecule has 1 rings (SSSR count). The van der Waals surface area contributed by atoms with E-state index in [-0.39, 0.29) is 0 Å². The maximum Gasteiger partial charge on any atom is 0.0738 e. The fourth-order valence-corrected chi connectivity index (χ4v) is 1.66. The first-order chi connectivity index (χ1) is 6.66. The van der Waals surface area contributed by atoms with Crippen LogP contribution in [0.25, 0.3) is 0 Å². The number of rotatable bonds is 5. The second-order valence-electron chi connectivity index (χ2n) is 3.46. The Hall–Kier alpha value is -0.350. The van der Waals surface area contributed by atoms with Crippen LogP contribution in [0, 0.1) is 13.8 Å². The average Bonchev–Trinajstić information content (AvgIpc) is 2.41. The Labute approximate surface area is 94.0 Å². The Morgan fingerprint density at radius 1 is 1.36 bits per heavy atom. The highest BCUT2D eigenvalue weighted by molar-refractivity contribution is 9.10. The third-order valence-electron chi connectivity index (χ3n) is 2.22. The molecule has 0 saturated carbocycles. The summed E-state index contributed by atoms with van der Waals surface area (Å²) in [5, 5.41) is 7.80. The zero-order chi connectivity index (χ0) is 10.6. The largest absolute Gasteiger partial charge is 0.315 e. The third-order valence-corrected chi connectivity index (χ3v) is 3.37. The Balaban J connectivity index is 2.47. The highest BCUT2D eigenvalue weighted by atomic mass is 79.9. The quantitative estimate of drug-likeness (QED) is 0.823. The van der Waals surface area contributed by atoms with Gasteiger partial charge < -0.3 is 5.32 Å². The highest BCUT2D eigenvalue weighted by Gasteiger charge is 2.07. The van der Waals surface area contributed by atoms with E-state index < -0.39 is 0 Å². The van der Waals surface area contributed by atoms with Gasteiger partial charge in [0.25, 0.3) is 0 Å². The van der Waals surface area contributed by atoms with Crippen LogP contribution < -0.4 is 5.32 Å². The Kier molecular flexibility index (Phi) is 4.62.